The molecule has 3 aliphatic rings. The topological polar surface area (TPSA) is 121 Å². The Kier molecular flexibility index (Phi) is 5.83. The summed E-state index contributed by atoms with van der Waals surface area (Å²) in [4.78, 5) is 30.5. The molecule has 1 saturated heterocycles. The van der Waals surface area contributed by atoms with Gasteiger partial charge in [0.1, 0.15) is 0 Å². The van der Waals surface area contributed by atoms with E-state index in [-0.39, 0.29) is 18.3 Å². The van der Waals surface area contributed by atoms with Crippen LogP contribution in [0.3, 0.4) is 0 Å². The molecule has 0 saturated carbocycles. The van der Waals surface area contributed by atoms with Crippen LogP contribution in [-0.2, 0) is 25.8 Å². The molecule has 37 heavy (non-hydrogen) atoms. The van der Waals surface area contributed by atoms with Crippen LogP contribution in [0.5, 0.6) is 11.5 Å². The molecule has 0 bridgehead atoms. The molecule has 3 heterocycles. The number of aromatic nitrogens is 1. The van der Waals surface area contributed by atoms with E-state index in [0.29, 0.717) is 47.2 Å². The van der Waals surface area contributed by atoms with E-state index in [1.54, 1.807) is 0 Å². The summed E-state index contributed by atoms with van der Waals surface area (Å²) in [6, 6.07) is 12.6. The third kappa shape index (κ3) is 4.64. The fourth-order valence-corrected chi connectivity index (χ4v) is 6.77. The molecule has 190 valence electrons. The number of rotatable bonds is 5. The van der Waals surface area contributed by atoms with Crippen molar-refractivity contribution < 1.29 is 32.2 Å². The number of hydrogen-bond donors (Lipinski definition) is 1. The lowest BCUT2D eigenvalue weighted by Crippen LogP contribution is -2.38. The number of fused-ring (bicyclic) bond motifs is 3. The first-order chi connectivity index (χ1) is 17.9. The summed E-state index contributed by atoms with van der Waals surface area (Å²) in [5.74, 6) is 0.239. The minimum Gasteiger partial charge on any atom is -0.454 e. The third-order valence-corrected chi connectivity index (χ3v) is 8.58. The number of sulfone groups is 1. The van der Waals surface area contributed by atoms with Crippen molar-refractivity contribution in [1.29, 1.82) is 0 Å². The van der Waals surface area contributed by atoms with Crippen molar-refractivity contribution in [3.05, 3.63) is 64.8 Å². The molecule has 1 N–H and O–H groups in total. The van der Waals surface area contributed by atoms with Crippen LogP contribution in [0.4, 0.5) is 0 Å². The number of allylic oxidation sites excluding steroid dienone is 1. The summed E-state index contributed by atoms with van der Waals surface area (Å²) in [5.41, 5.74) is 4.53. The molecule has 10 heteroatoms. The number of benzene rings is 2. The van der Waals surface area contributed by atoms with Crippen molar-refractivity contribution in [2.75, 3.05) is 24.9 Å². The second kappa shape index (κ2) is 9.19. The molecule has 1 aliphatic carbocycles. The van der Waals surface area contributed by atoms with Crippen molar-refractivity contribution in [3.8, 4) is 11.5 Å². The molecule has 1 atom stereocenters. The molecule has 0 radical (unpaired) electrons. The van der Waals surface area contributed by atoms with E-state index in [4.69, 9.17) is 19.2 Å². The van der Waals surface area contributed by atoms with Crippen LogP contribution < -0.4 is 14.8 Å². The van der Waals surface area contributed by atoms with Crippen molar-refractivity contribution >= 4 is 44.3 Å². The van der Waals surface area contributed by atoms with Gasteiger partial charge in [0.15, 0.2) is 27.9 Å². The number of para-hydroxylation sites is 1. The average Bonchev–Trinajstić information content (AvgIpc) is 3.59. The second-order valence-corrected chi connectivity index (χ2v) is 11.6. The zero-order valence-corrected chi connectivity index (χ0v) is 20.7. The van der Waals surface area contributed by atoms with Gasteiger partial charge < -0.3 is 19.5 Å². The first-order valence-electron chi connectivity index (χ1n) is 12.1. The summed E-state index contributed by atoms with van der Waals surface area (Å²) in [7, 11) is -3.13. The minimum absolute atomic E-state index is 0.0506. The summed E-state index contributed by atoms with van der Waals surface area (Å²) < 4.78 is 39.6. The van der Waals surface area contributed by atoms with Gasteiger partial charge in [0.2, 0.25) is 6.79 Å². The lowest BCUT2D eigenvalue weighted by molar-refractivity contribution is -0.124. The molecular formula is C27H24N2O7S. The van der Waals surface area contributed by atoms with Gasteiger partial charge in [-0.2, -0.15) is 0 Å². The second-order valence-electron chi connectivity index (χ2n) is 9.36. The number of amides is 1. The number of esters is 1. The van der Waals surface area contributed by atoms with Crippen molar-refractivity contribution in [1.82, 2.24) is 10.3 Å². The molecule has 6 rings (SSSR count). The van der Waals surface area contributed by atoms with E-state index >= 15 is 0 Å². The monoisotopic (exact) mass is 520 g/mol. The first-order valence-corrected chi connectivity index (χ1v) is 13.9. The highest BCUT2D eigenvalue weighted by Gasteiger charge is 2.30. The number of carbonyl (C=O) groups is 2. The largest absolute Gasteiger partial charge is 0.454 e. The van der Waals surface area contributed by atoms with Crippen LogP contribution in [-0.4, -0.2) is 56.2 Å². The van der Waals surface area contributed by atoms with Gasteiger partial charge in [-0.3, -0.25) is 4.79 Å². The molecule has 0 unspecified atom stereocenters. The Balaban J connectivity index is 1.27. The zero-order valence-electron chi connectivity index (χ0n) is 19.9. The number of nitrogens with zero attached hydrogens (tertiary/aromatic N) is 1. The summed E-state index contributed by atoms with van der Waals surface area (Å²) in [5, 5.41) is 3.31. The fourth-order valence-electron chi connectivity index (χ4n) is 5.10. The Bertz CT molecular complexity index is 1580. The predicted molar refractivity (Wildman–Crippen MR) is 136 cm³/mol. The molecule has 3 aromatic rings. The van der Waals surface area contributed by atoms with Gasteiger partial charge in [-0.1, -0.05) is 24.3 Å². The normalized spacial score (nSPS) is 20.2. The fraction of sp³-hybridized carbons (Fsp3) is 0.296. The number of ether oxygens (including phenoxy) is 3. The Morgan fingerprint density at radius 1 is 1.11 bits per heavy atom. The van der Waals surface area contributed by atoms with Gasteiger partial charge in [0.25, 0.3) is 5.91 Å². The highest BCUT2D eigenvalue weighted by Crippen LogP contribution is 2.39. The van der Waals surface area contributed by atoms with Crippen LogP contribution in [0, 0.1) is 0 Å². The molecule has 9 nitrogen and oxygen atoms in total. The molecule has 2 aliphatic heterocycles. The van der Waals surface area contributed by atoms with Crippen molar-refractivity contribution in [2.24, 2.45) is 0 Å². The number of carbonyl (C=O) groups excluding carboxylic acids is 2. The van der Waals surface area contributed by atoms with Gasteiger partial charge in [-0.25, -0.2) is 18.2 Å². The maximum Gasteiger partial charge on any atom is 0.339 e. The Hall–Kier alpha value is -3.92. The van der Waals surface area contributed by atoms with Gasteiger partial charge in [-0.15, -0.1) is 0 Å². The molecule has 2 aromatic carbocycles. The standard InChI is InChI=1S/C27H24N2O7S/c30-24(28-18-9-10-37(32,33)14-18)13-34-27(31)25-19-3-1-2-4-21(19)29-26-17(6-7-20(25)26)11-16-5-8-22-23(12-16)36-15-35-22/h1-5,8,11-12,18H,6-7,9-10,13-15H2,(H,28,30)/b17-11+/t18-/m0/s1. The third-order valence-electron chi connectivity index (χ3n) is 6.82. The van der Waals surface area contributed by atoms with Gasteiger partial charge in [0.05, 0.1) is 28.3 Å². The van der Waals surface area contributed by atoms with Crippen LogP contribution in [0.15, 0.2) is 42.5 Å². The summed E-state index contributed by atoms with van der Waals surface area (Å²) in [6.45, 7) is -0.282. The van der Waals surface area contributed by atoms with Crippen LogP contribution in [0.25, 0.3) is 22.6 Å². The van der Waals surface area contributed by atoms with Crippen molar-refractivity contribution in [3.63, 3.8) is 0 Å². The lowest BCUT2D eigenvalue weighted by Gasteiger charge is -2.14. The first kappa shape index (κ1) is 23.5. The van der Waals surface area contributed by atoms with Gasteiger partial charge >= 0.3 is 5.97 Å². The number of nitrogens with one attached hydrogen (secondary N) is 1. The molecule has 0 spiro atoms. The smallest absolute Gasteiger partial charge is 0.339 e. The minimum atomic E-state index is -3.13. The number of hydrogen-bond acceptors (Lipinski definition) is 8. The molecule has 1 aromatic heterocycles. The maximum absolute atomic E-state index is 13.3. The predicted octanol–water partition coefficient (Wildman–Crippen LogP) is 2.91. The lowest BCUT2D eigenvalue weighted by atomic mass is 10.0. The Morgan fingerprint density at radius 2 is 1.95 bits per heavy atom. The van der Waals surface area contributed by atoms with E-state index in [1.165, 1.54) is 0 Å². The van der Waals surface area contributed by atoms with Crippen molar-refractivity contribution in [2.45, 2.75) is 25.3 Å². The number of pyridine rings is 1. The molecule has 1 fully saturated rings. The Labute approximate surface area is 213 Å². The van der Waals surface area contributed by atoms with E-state index in [2.05, 4.69) is 5.32 Å². The highest BCUT2D eigenvalue weighted by atomic mass is 32.2. The average molecular weight is 521 g/mol. The highest BCUT2D eigenvalue weighted by molar-refractivity contribution is 7.91. The van der Waals surface area contributed by atoms with Crippen LogP contribution in [0.1, 0.15) is 40.0 Å². The van der Waals surface area contributed by atoms with Crippen LogP contribution in [0.2, 0.25) is 0 Å². The maximum atomic E-state index is 13.3. The van der Waals surface area contributed by atoms with E-state index < -0.39 is 34.4 Å². The van der Waals surface area contributed by atoms with Crippen LogP contribution >= 0.6 is 0 Å². The van der Waals surface area contributed by atoms with Gasteiger partial charge in [0, 0.05) is 11.4 Å². The van der Waals surface area contributed by atoms with E-state index in [1.807, 2.05) is 48.5 Å². The molecular weight excluding hydrogens is 496 g/mol. The zero-order chi connectivity index (χ0) is 25.6. The SMILES string of the molecule is O=C(COC(=O)c1c2c(nc3ccccc13)/C(=C/c1ccc3c(c1)OCO3)CC2)N[C@H]1CCS(=O)(=O)C1. The molecule has 1 amide bonds. The van der Waals surface area contributed by atoms with E-state index in [9.17, 15) is 18.0 Å². The van der Waals surface area contributed by atoms with Gasteiger partial charge in [-0.05, 0) is 60.2 Å². The van der Waals surface area contributed by atoms with E-state index in [0.717, 1.165) is 22.4 Å². The quantitative estimate of drug-likeness (QED) is 0.510. The summed E-state index contributed by atoms with van der Waals surface area (Å²) in [6.07, 6.45) is 3.71. The summed E-state index contributed by atoms with van der Waals surface area (Å²) >= 11 is 0. The Morgan fingerprint density at radius 3 is 2.78 bits per heavy atom.